The number of aromatic nitrogens is 4. The Morgan fingerprint density at radius 3 is 2.88 bits per heavy atom. The third-order valence-electron chi connectivity index (χ3n) is 3.95. The average molecular weight is 322 g/mol. The predicted octanol–water partition coefficient (Wildman–Crippen LogP) is 1.71. The first kappa shape index (κ1) is 14.4. The lowest BCUT2D eigenvalue weighted by Gasteiger charge is -2.04. The van der Waals surface area contributed by atoms with Gasteiger partial charge in [0.15, 0.2) is 0 Å². The molecule has 0 unspecified atom stereocenters. The molecule has 0 aliphatic carbocycles. The Bertz CT molecular complexity index is 1050. The normalized spacial score (nSPS) is 11.2. The predicted molar refractivity (Wildman–Crippen MR) is 88.6 cm³/mol. The minimum atomic E-state index is -0.221. The fourth-order valence-corrected chi connectivity index (χ4v) is 2.70. The highest BCUT2D eigenvalue weighted by atomic mass is 16.5. The van der Waals surface area contributed by atoms with Gasteiger partial charge in [-0.1, -0.05) is 12.1 Å². The topological polar surface area (TPSA) is 93.0 Å². The highest BCUT2D eigenvalue weighted by molar-refractivity contribution is 5.93. The van der Waals surface area contributed by atoms with Crippen LogP contribution in [0.3, 0.4) is 0 Å². The second-order valence-electron chi connectivity index (χ2n) is 5.36. The lowest BCUT2D eigenvalue weighted by molar-refractivity contribution is 0.282. The zero-order valence-electron chi connectivity index (χ0n) is 12.9. The van der Waals surface area contributed by atoms with Crippen molar-refractivity contribution in [3.8, 4) is 22.8 Å². The van der Waals surface area contributed by atoms with E-state index in [0.29, 0.717) is 22.8 Å². The number of aromatic amines is 1. The molecule has 4 rings (SSSR count). The fraction of sp³-hybridized carbons (Fsp3) is 0.118. The van der Waals surface area contributed by atoms with E-state index < -0.39 is 0 Å². The zero-order valence-corrected chi connectivity index (χ0v) is 12.9. The summed E-state index contributed by atoms with van der Waals surface area (Å²) in [5.74, 6) is 0.471. The molecule has 2 aromatic rings. The molecule has 3 heterocycles. The molecule has 2 aliphatic rings. The Morgan fingerprint density at radius 1 is 1.29 bits per heavy atom. The minimum absolute atomic E-state index is 0.0411. The van der Waals surface area contributed by atoms with Gasteiger partial charge in [-0.3, -0.25) is 4.79 Å². The van der Waals surface area contributed by atoms with Crippen molar-refractivity contribution in [2.24, 2.45) is 0 Å². The number of aliphatic hydroxyl groups excluding tert-OH is 1. The molecular formula is C17H14N4O3. The van der Waals surface area contributed by atoms with E-state index in [4.69, 9.17) is 4.74 Å². The van der Waals surface area contributed by atoms with Gasteiger partial charge in [0.2, 0.25) is 5.88 Å². The van der Waals surface area contributed by atoms with E-state index in [2.05, 4.69) is 15.1 Å². The summed E-state index contributed by atoms with van der Waals surface area (Å²) in [6, 6.07) is 8.91. The molecule has 2 aliphatic heterocycles. The van der Waals surface area contributed by atoms with E-state index in [1.807, 2.05) is 18.2 Å². The summed E-state index contributed by atoms with van der Waals surface area (Å²) in [4.78, 5) is 19.8. The van der Waals surface area contributed by atoms with Crippen molar-refractivity contribution < 1.29 is 9.84 Å². The first-order chi connectivity index (χ1) is 11.7. The van der Waals surface area contributed by atoms with E-state index >= 15 is 0 Å². The third-order valence-corrected chi connectivity index (χ3v) is 3.95. The summed E-state index contributed by atoms with van der Waals surface area (Å²) >= 11 is 0. The lowest BCUT2D eigenvalue weighted by Crippen LogP contribution is -2.14. The van der Waals surface area contributed by atoms with E-state index in [-0.39, 0.29) is 12.2 Å². The molecule has 0 radical (unpaired) electrons. The number of aliphatic hydroxyl groups is 1. The summed E-state index contributed by atoms with van der Waals surface area (Å²) < 4.78 is 6.35. The van der Waals surface area contributed by atoms with Crippen LogP contribution in [0.5, 0.6) is 5.88 Å². The second-order valence-corrected chi connectivity index (χ2v) is 5.36. The van der Waals surface area contributed by atoms with Crippen molar-refractivity contribution in [3.05, 3.63) is 58.6 Å². The number of H-pyrrole nitrogens is 1. The van der Waals surface area contributed by atoms with Crippen LogP contribution in [0, 0.1) is 0 Å². The van der Waals surface area contributed by atoms with Gasteiger partial charge in [-0.25, -0.2) is 4.98 Å². The summed E-state index contributed by atoms with van der Waals surface area (Å²) in [5.41, 5.74) is 3.05. The number of benzene rings is 1. The fourth-order valence-electron chi connectivity index (χ4n) is 2.70. The number of pyridine rings is 2. The molecule has 1 aromatic carbocycles. The van der Waals surface area contributed by atoms with Crippen LogP contribution >= 0.6 is 0 Å². The van der Waals surface area contributed by atoms with E-state index in [1.165, 1.54) is 11.8 Å². The van der Waals surface area contributed by atoms with Gasteiger partial charge in [0.1, 0.15) is 5.69 Å². The lowest BCUT2D eigenvalue weighted by atomic mass is 10.1. The number of hydrogen-bond donors (Lipinski definition) is 2. The summed E-state index contributed by atoms with van der Waals surface area (Å²) in [6.45, 7) is -0.0411. The van der Waals surface area contributed by atoms with Crippen LogP contribution < -0.4 is 10.3 Å². The molecule has 0 spiro atoms. The average Bonchev–Trinajstić information content (AvgIpc) is 2.98. The Hall–Kier alpha value is -3.19. The summed E-state index contributed by atoms with van der Waals surface area (Å²) in [6.07, 6.45) is 3.18. The number of nitrogens with one attached hydrogen (secondary N) is 1. The van der Waals surface area contributed by atoms with E-state index in [9.17, 15) is 9.90 Å². The van der Waals surface area contributed by atoms with E-state index in [0.717, 1.165) is 16.5 Å². The largest absolute Gasteiger partial charge is 0.481 e. The van der Waals surface area contributed by atoms with Crippen molar-refractivity contribution >= 4 is 10.9 Å². The molecule has 0 atom stereocenters. The molecule has 0 bridgehead atoms. The summed E-state index contributed by atoms with van der Waals surface area (Å²) in [7, 11) is 1.53. The molecule has 24 heavy (non-hydrogen) atoms. The van der Waals surface area contributed by atoms with Crippen molar-refractivity contribution in [2.45, 2.75) is 6.61 Å². The van der Waals surface area contributed by atoms with Gasteiger partial charge >= 0.3 is 0 Å². The number of fused-ring (bicyclic) bond motifs is 3. The number of hydrogen-bond acceptors (Lipinski definition) is 5. The maximum Gasteiger partial charge on any atom is 0.282 e. The molecule has 2 N–H and O–H groups in total. The molecule has 0 saturated heterocycles. The third kappa shape index (κ3) is 2.14. The minimum Gasteiger partial charge on any atom is -0.481 e. The molecule has 120 valence electrons. The Balaban J connectivity index is 1.94. The van der Waals surface area contributed by atoms with Gasteiger partial charge < -0.3 is 14.8 Å². The Morgan fingerprint density at radius 2 is 2.17 bits per heavy atom. The van der Waals surface area contributed by atoms with Crippen LogP contribution in [0.25, 0.3) is 27.8 Å². The van der Waals surface area contributed by atoms with E-state index in [1.54, 1.807) is 24.5 Å². The van der Waals surface area contributed by atoms with Gasteiger partial charge in [0, 0.05) is 23.2 Å². The zero-order chi connectivity index (χ0) is 16.7. The highest BCUT2D eigenvalue weighted by Crippen LogP contribution is 2.26. The van der Waals surface area contributed by atoms with Gasteiger partial charge in [0.25, 0.3) is 5.56 Å². The Kier molecular flexibility index (Phi) is 3.28. The molecule has 0 saturated carbocycles. The van der Waals surface area contributed by atoms with Crippen molar-refractivity contribution in [1.29, 1.82) is 0 Å². The van der Waals surface area contributed by atoms with Gasteiger partial charge in [0.05, 0.1) is 31.2 Å². The second kappa shape index (κ2) is 5.47. The van der Waals surface area contributed by atoms with Crippen LogP contribution in [-0.4, -0.2) is 32.0 Å². The van der Waals surface area contributed by atoms with Gasteiger partial charge in [-0.2, -0.15) is 9.78 Å². The number of ether oxygens (including phenoxy) is 1. The molecule has 7 heteroatoms. The van der Waals surface area contributed by atoms with Gasteiger partial charge in [-0.15, -0.1) is 0 Å². The van der Waals surface area contributed by atoms with Crippen LogP contribution in [0.4, 0.5) is 0 Å². The van der Waals surface area contributed by atoms with Crippen LogP contribution in [0.1, 0.15) is 5.56 Å². The van der Waals surface area contributed by atoms with Crippen molar-refractivity contribution in [3.63, 3.8) is 0 Å². The standard InChI is InChI=1S/C17H14N4O3/c1-24-15-5-3-11(7-19-15)21-17(23)13-8-18-14-6-10(9-22)2-4-12(14)16(13)20-21/h2-8,18,22H,9H2,1H3. The van der Waals surface area contributed by atoms with Crippen molar-refractivity contribution in [2.75, 3.05) is 7.11 Å². The number of methoxy groups -OCH3 is 1. The molecule has 1 aromatic heterocycles. The first-order valence-electron chi connectivity index (χ1n) is 7.35. The van der Waals surface area contributed by atoms with Gasteiger partial charge in [-0.05, 0) is 17.7 Å². The maximum absolute atomic E-state index is 12.6. The molecule has 0 fully saturated rings. The Labute approximate surface area is 136 Å². The van der Waals surface area contributed by atoms with Crippen LogP contribution in [0.15, 0.2) is 47.5 Å². The number of rotatable bonds is 3. The van der Waals surface area contributed by atoms with Crippen LogP contribution in [0.2, 0.25) is 0 Å². The number of nitrogens with zero attached hydrogens (tertiary/aromatic N) is 3. The smallest absolute Gasteiger partial charge is 0.282 e. The monoisotopic (exact) mass is 322 g/mol. The first-order valence-corrected chi connectivity index (χ1v) is 7.35. The quantitative estimate of drug-likeness (QED) is 0.599. The molecule has 0 amide bonds. The SMILES string of the molecule is COc1ccc(-n2nc3c4ccc(CO)cc4[nH]cc-3c2=O)cn1. The van der Waals surface area contributed by atoms with Crippen LogP contribution in [-0.2, 0) is 6.61 Å². The highest BCUT2D eigenvalue weighted by Gasteiger charge is 2.19. The van der Waals surface area contributed by atoms with Crippen molar-refractivity contribution in [1.82, 2.24) is 19.7 Å². The molecule has 7 nitrogen and oxygen atoms in total. The molecular weight excluding hydrogens is 308 g/mol. The summed E-state index contributed by atoms with van der Waals surface area (Å²) in [5, 5.41) is 14.5. The maximum atomic E-state index is 12.6.